The summed E-state index contributed by atoms with van der Waals surface area (Å²) in [5, 5.41) is 8.68. The molecule has 34 heavy (non-hydrogen) atoms. The van der Waals surface area contributed by atoms with Gasteiger partial charge in [0, 0.05) is 36.7 Å². The monoisotopic (exact) mass is 461 g/mol. The maximum Gasteiger partial charge on any atom is 0.251 e. The molecule has 178 valence electrons. The molecular weight excluding hydrogens is 430 g/mol. The van der Waals surface area contributed by atoms with E-state index in [1.54, 1.807) is 31.4 Å². The maximum absolute atomic E-state index is 12.3. The number of methoxy groups -OCH3 is 1. The van der Waals surface area contributed by atoms with Crippen LogP contribution in [0.5, 0.6) is 5.75 Å². The van der Waals surface area contributed by atoms with Crippen molar-refractivity contribution in [2.24, 2.45) is 0 Å². The summed E-state index contributed by atoms with van der Waals surface area (Å²) in [6.07, 6.45) is 1.90. The normalized spacial score (nSPS) is 10.4. The van der Waals surface area contributed by atoms with Crippen molar-refractivity contribution >= 4 is 23.2 Å². The van der Waals surface area contributed by atoms with Gasteiger partial charge in [0.2, 0.25) is 5.91 Å². The Morgan fingerprint density at radius 3 is 2.41 bits per heavy atom. The molecule has 0 heterocycles. The fourth-order valence-corrected chi connectivity index (χ4v) is 3.27. The molecular formula is C27H31N3O4. The molecule has 7 heteroatoms. The molecule has 0 unspecified atom stereocenters. The number of ether oxygens (including phenoxy) is 2. The minimum atomic E-state index is -0.188. The second kappa shape index (κ2) is 13.6. The second-order valence-corrected chi connectivity index (χ2v) is 7.69. The summed E-state index contributed by atoms with van der Waals surface area (Å²) < 4.78 is 10.8. The number of rotatable bonds is 13. The Bertz CT molecular complexity index is 1040. The predicted octanol–water partition coefficient (Wildman–Crippen LogP) is 4.13. The van der Waals surface area contributed by atoms with Gasteiger partial charge >= 0.3 is 0 Å². The summed E-state index contributed by atoms with van der Waals surface area (Å²) in [6, 6.07) is 24.6. The van der Waals surface area contributed by atoms with Gasteiger partial charge in [0.05, 0.1) is 19.8 Å². The fraction of sp³-hybridized carbons (Fsp3) is 0.259. The predicted molar refractivity (Wildman–Crippen MR) is 134 cm³/mol. The molecule has 3 aromatic carbocycles. The molecule has 0 radical (unpaired) electrons. The van der Waals surface area contributed by atoms with E-state index < -0.39 is 0 Å². The van der Waals surface area contributed by atoms with Crippen LogP contribution in [0.1, 0.15) is 22.3 Å². The van der Waals surface area contributed by atoms with Crippen LogP contribution < -0.4 is 20.7 Å². The summed E-state index contributed by atoms with van der Waals surface area (Å²) >= 11 is 0. The largest absolute Gasteiger partial charge is 0.494 e. The van der Waals surface area contributed by atoms with E-state index in [0.29, 0.717) is 31.0 Å². The third kappa shape index (κ3) is 8.60. The number of hydrogen-bond acceptors (Lipinski definition) is 5. The molecule has 0 aliphatic heterocycles. The average Bonchev–Trinajstić information content (AvgIpc) is 2.87. The SMILES string of the molecule is COCCNC(=O)c1ccc(NC(=O)CNc2cccc(OCCCc3ccccc3)c2)cc1. The number of aryl methyl sites for hydroxylation is 1. The molecule has 3 aromatic rings. The number of anilines is 2. The summed E-state index contributed by atoms with van der Waals surface area (Å²) in [5.74, 6) is 0.392. The highest BCUT2D eigenvalue weighted by Crippen LogP contribution is 2.18. The van der Waals surface area contributed by atoms with E-state index in [2.05, 4.69) is 28.1 Å². The first-order valence-corrected chi connectivity index (χ1v) is 11.3. The molecule has 0 fully saturated rings. The number of carbonyl (C=O) groups excluding carboxylic acids is 2. The molecule has 7 nitrogen and oxygen atoms in total. The van der Waals surface area contributed by atoms with Crippen LogP contribution in [0.15, 0.2) is 78.9 Å². The van der Waals surface area contributed by atoms with Crippen LogP contribution in [-0.2, 0) is 16.0 Å². The Morgan fingerprint density at radius 1 is 0.853 bits per heavy atom. The summed E-state index contributed by atoms with van der Waals surface area (Å²) in [7, 11) is 1.58. The molecule has 0 spiro atoms. The van der Waals surface area contributed by atoms with Crippen LogP contribution in [0.2, 0.25) is 0 Å². The van der Waals surface area contributed by atoms with Crippen molar-refractivity contribution in [1.29, 1.82) is 0 Å². The first-order valence-electron chi connectivity index (χ1n) is 11.3. The number of benzene rings is 3. The van der Waals surface area contributed by atoms with Gasteiger partial charge in [0.1, 0.15) is 5.75 Å². The number of carbonyl (C=O) groups is 2. The van der Waals surface area contributed by atoms with Crippen LogP contribution in [-0.4, -0.2) is 45.2 Å². The summed E-state index contributed by atoms with van der Waals surface area (Å²) in [4.78, 5) is 24.3. The number of hydrogen-bond donors (Lipinski definition) is 3. The van der Waals surface area contributed by atoms with Gasteiger partial charge in [-0.2, -0.15) is 0 Å². The lowest BCUT2D eigenvalue weighted by molar-refractivity contribution is -0.114. The topological polar surface area (TPSA) is 88.7 Å². The van der Waals surface area contributed by atoms with E-state index in [1.165, 1.54) is 5.56 Å². The molecule has 0 bridgehead atoms. The molecule has 0 saturated heterocycles. The van der Waals surface area contributed by atoms with Gasteiger partial charge < -0.3 is 25.4 Å². The Labute approximate surface area is 200 Å². The van der Waals surface area contributed by atoms with Gasteiger partial charge in [-0.3, -0.25) is 9.59 Å². The standard InChI is InChI=1S/C27H31N3O4/c1-33-18-16-28-27(32)22-12-14-23(15-13-22)30-26(31)20-29-24-10-5-11-25(19-24)34-17-6-9-21-7-3-2-4-8-21/h2-5,7-8,10-15,19,29H,6,9,16-18,20H2,1H3,(H,28,32)(H,30,31). The zero-order valence-electron chi connectivity index (χ0n) is 19.4. The van der Waals surface area contributed by atoms with Crippen molar-refractivity contribution in [2.75, 3.05) is 44.0 Å². The molecule has 0 atom stereocenters. The second-order valence-electron chi connectivity index (χ2n) is 7.69. The maximum atomic E-state index is 12.3. The van der Waals surface area contributed by atoms with E-state index in [-0.39, 0.29) is 18.4 Å². The van der Waals surface area contributed by atoms with E-state index in [1.807, 2.05) is 42.5 Å². The Kier molecular flexibility index (Phi) is 9.95. The van der Waals surface area contributed by atoms with E-state index in [9.17, 15) is 9.59 Å². The first-order chi connectivity index (χ1) is 16.6. The lowest BCUT2D eigenvalue weighted by Gasteiger charge is -2.11. The van der Waals surface area contributed by atoms with Crippen molar-refractivity contribution in [2.45, 2.75) is 12.8 Å². The quantitative estimate of drug-likeness (QED) is 0.333. The average molecular weight is 462 g/mol. The molecule has 3 rings (SSSR count). The fourth-order valence-electron chi connectivity index (χ4n) is 3.27. The Hall–Kier alpha value is -3.84. The Morgan fingerprint density at radius 2 is 1.65 bits per heavy atom. The van der Waals surface area contributed by atoms with Gasteiger partial charge in [0.25, 0.3) is 5.91 Å². The van der Waals surface area contributed by atoms with Crippen LogP contribution in [0.25, 0.3) is 0 Å². The molecule has 0 saturated carbocycles. The minimum absolute atomic E-state index is 0.108. The minimum Gasteiger partial charge on any atom is -0.494 e. The van der Waals surface area contributed by atoms with E-state index in [4.69, 9.17) is 9.47 Å². The highest BCUT2D eigenvalue weighted by Gasteiger charge is 2.07. The van der Waals surface area contributed by atoms with Crippen LogP contribution in [0.3, 0.4) is 0 Å². The highest BCUT2D eigenvalue weighted by molar-refractivity contribution is 5.96. The van der Waals surface area contributed by atoms with Gasteiger partial charge in [-0.1, -0.05) is 36.4 Å². The van der Waals surface area contributed by atoms with E-state index in [0.717, 1.165) is 24.3 Å². The highest BCUT2D eigenvalue weighted by atomic mass is 16.5. The third-order valence-corrected chi connectivity index (χ3v) is 5.03. The number of nitrogens with one attached hydrogen (secondary N) is 3. The first kappa shape index (κ1) is 24.8. The molecule has 2 amide bonds. The zero-order chi connectivity index (χ0) is 24.0. The van der Waals surface area contributed by atoms with Crippen molar-refractivity contribution < 1.29 is 19.1 Å². The third-order valence-electron chi connectivity index (χ3n) is 5.03. The van der Waals surface area contributed by atoms with Crippen LogP contribution >= 0.6 is 0 Å². The lowest BCUT2D eigenvalue weighted by Crippen LogP contribution is -2.27. The van der Waals surface area contributed by atoms with Gasteiger partial charge in [-0.05, 0) is 54.8 Å². The van der Waals surface area contributed by atoms with Gasteiger partial charge in [0.15, 0.2) is 0 Å². The van der Waals surface area contributed by atoms with Crippen LogP contribution in [0, 0.1) is 0 Å². The van der Waals surface area contributed by atoms with Crippen LogP contribution in [0.4, 0.5) is 11.4 Å². The van der Waals surface area contributed by atoms with Gasteiger partial charge in [-0.25, -0.2) is 0 Å². The van der Waals surface area contributed by atoms with Crippen molar-refractivity contribution in [3.8, 4) is 5.75 Å². The summed E-state index contributed by atoms with van der Waals surface area (Å²) in [5.41, 5.74) is 3.25. The van der Waals surface area contributed by atoms with Crippen molar-refractivity contribution in [3.63, 3.8) is 0 Å². The number of amides is 2. The summed E-state index contributed by atoms with van der Waals surface area (Å²) in [6.45, 7) is 1.63. The van der Waals surface area contributed by atoms with Crippen molar-refractivity contribution in [3.05, 3.63) is 90.0 Å². The lowest BCUT2D eigenvalue weighted by atomic mass is 10.1. The molecule has 0 aliphatic carbocycles. The molecule has 0 aliphatic rings. The Balaban J connectivity index is 1.39. The molecule has 0 aromatic heterocycles. The van der Waals surface area contributed by atoms with E-state index >= 15 is 0 Å². The van der Waals surface area contributed by atoms with Crippen molar-refractivity contribution in [1.82, 2.24) is 5.32 Å². The van der Waals surface area contributed by atoms with Gasteiger partial charge in [-0.15, -0.1) is 0 Å². The zero-order valence-corrected chi connectivity index (χ0v) is 19.4. The smallest absolute Gasteiger partial charge is 0.251 e. The molecule has 3 N–H and O–H groups in total.